The van der Waals surface area contributed by atoms with Gasteiger partial charge in [-0.05, 0) is 68.0 Å². The van der Waals surface area contributed by atoms with Gasteiger partial charge in [-0.3, -0.25) is 0 Å². The quantitative estimate of drug-likeness (QED) is 0.261. The fraction of sp³-hybridized carbons (Fsp3) is 0.500. The predicted molar refractivity (Wildman–Crippen MR) is 118 cm³/mol. The molecular weight excluding hydrogens is 360 g/mol. The van der Waals surface area contributed by atoms with Crippen LogP contribution in [0, 0.1) is 18.8 Å². The third-order valence-corrected chi connectivity index (χ3v) is 6.01. The number of ether oxygens (including phenoxy) is 2. The first-order chi connectivity index (χ1) is 14.1. The Bertz CT molecular complexity index is 741. The number of aryl methyl sites for hydroxylation is 1. The van der Waals surface area contributed by atoms with Crippen molar-refractivity contribution >= 4 is 5.97 Å². The average molecular weight is 395 g/mol. The second-order valence-electron chi connectivity index (χ2n) is 8.39. The zero-order valence-electron chi connectivity index (χ0n) is 17.9. The molecule has 0 bridgehead atoms. The Hall–Kier alpha value is -2.29. The topological polar surface area (TPSA) is 35.5 Å². The predicted octanol–water partition coefficient (Wildman–Crippen LogP) is 6.98. The number of benzene rings is 2. The van der Waals surface area contributed by atoms with Gasteiger partial charge in [0, 0.05) is 0 Å². The van der Waals surface area contributed by atoms with Gasteiger partial charge >= 0.3 is 5.97 Å². The van der Waals surface area contributed by atoms with Gasteiger partial charge in [-0.1, -0.05) is 63.1 Å². The van der Waals surface area contributed by atoms with Crippen LogP contribution < -0.4 is 9.47 Å². The highest BCUT2D eigenvalue weighted by Gasteiger charge is 2.20. The minimum Gasteiger partial charge on any atom is -0.494 e. The number of esters is 1. The number of carbonyl (C=O) groups excluding carboxylic acids is 1. The lowest BCUT2D eigenvalue weighted by Crippen LogP contribution is -2.15. The second-order valence-corrected chi connectivity index (χ2v) is 8.39. The molecule has 0 saturated heterocycles. The molecule has 0 unspecified atom stereocenters. The Balaban J connectivity index is 1.36. The maximum Gasteiger partial charge on any atom is 0.343 e. The van der Waals surface area contributed by atoms with Gasteiger partial charge in [-0.2, -0.15) is 0 Å². The molecule has 0 N–H and O–H groups in total. The Morgan fingerprint density at radius 1 is 0.862 bits per heavy atom. The molecule has 3 rings (SSSR count). The van der Waals surface area contributed by atoms with Crippen molar-refractivity contribution in [3.8, 4) is 11.5 Å². The second kappa shape index (κ2) is 11.0. The zero-order valence-corrected chi connectivity index (χ0v) is 17.9. The van der Waals surface area contributed by atoms with E-state index in [2.05, 4.69) is 6.92 Å². The summed E-state index contributed by atoms with van der Waals surface area (Å²) >= 11 is 0. The summed E-state index contributed by atoms with van der Waals surface area (Å²) in [5.41, 5.74) is 1.66. The fourth-order valence-corrected chi connectivity index (χ4v) is 4.24. The van der Waals surface area contributed by atoms with E-state index >= 15 is 0 Å². The number of hydrogen-bond donors (Lipinski definition) is 0. The SMILES string of the molecule is CCC[C@H]1CC[C@H](CCCOc2ccc(C(=O)Oc3ccc(C)cc3)cc2)CC1. The van der Waals surface area contributed by atoms with E-state index in [4.69, 9.17) is 9.47 Å². The van der Waals surface area contributed by atoms with E-state index in [9.17, 15) is 4.79 Å². The standard InChI is InChI=1S/C26H34O3/c1-3-5-21-9-11-22(12-10-21)6-4-19-28-24-17-13-23(14-18-24)26(27)29-25-15-7-20(2)8-16-25/h7-8,13-18,21-22H,3-6,9-12,19H2,1-2H3/t21-,22-. The zero-order chi connectivity index (χ0) is 20.5. The molecule has 29 heavy (non-hydrogen) atoms. The van der Waals surface area contributed by atoms with Crippen LogP contribution in [0.15, 0.2) is 48.5 Å². The molecule has 0 atom stereocenters. The van der Waals surface area contributed by atoms with Crippen molar-refractivity contribution in [1.29, 1.82) is 0 Å². The van der Waals surface area contributed by atoms with E-state index in [1.54, 1.807) is 24.3 Å². The van der Waals surface area contributed by atoms with Crippen LogP contribution in [0.2, 0.25) is 0 Å². The average Bonchev–Trinajstić information content (AvgIpc) is 2.74. The van der Waals surface area contributed by atoms with Crippen molar-refractivity contribution in [2.75, 3.05) is 6.61 Å². The van der Waals surface area contributed by atoms with Crippen molar-refractivity contribution in [1.82, 2.24) is 0 Å². The van der Waals surface area contributed by atoms with Crippen LogP contribution in [-0.4, -0.2) is 12.6 Å². The number of carbonyl (C=O) groups is 1. The normalized spacial score (nSPS) is 19.0. The summed E-state index contributed by atoms with van der Waals surface area (Å²) in [6.45, 7) is 5.04. The lowest BCUT2D eigenvalue weighted by Gasteiger charge is -2.28. The van der Waals surface area contributed by atoms with Gasteiger partial charge in [0.1, 0.15) is 11.5 Å². The Labute approximate surface area is 175 Å². The minimum atomic E-state index is -0.348. The molecule has 0 spiro atoms. The van der Waals surface area contributed by atoms with Crippen molar-refractivity contribution in [2.24, 2.45) is 11.8 Å². The van der Waals surface area contributed by atoms with Gasteiger partial charge < -0.3 is 9.47 Å². The molecule has 2 aromatic carbocycles. The molecule has 1 aliphatic rings. The summed E-state index contributed by atoms with van der Waals surface area (Å²) in [6, 6.07) is 14.7. The maximum atomic E-state index is 12.2. The maximum absolute atomic E-state index is 12.2. The highest BCUT2D eigenvalue weighted by Crippen LogP contribution is 2.33. The molecule has 0 aromatic heterocycles. The Morgan fingerprint density at radius 2 is 1.45 bits per heavy atom. The van der Waals surface area contributed by atoms with E-state index in [-0.39, 0.29) is 5.97 Å². The molecule has 3 nitrogen and oxygen atoms in total. The van der Waals surface area contributed by atoms with Crippen molar-refractivity contribution in [3.05, 3.63) is 59.7 Å². The summed E-state index contributed by atoms with van der Waals surface area (Å²) < 4.78 is 11.3. The van der Waals surface area contributed by atoms with E-state index in [1.165, 1.54) is 44.9 Å². The van der Waals surface area contributed by atoms with Gasteiger partial charge in [-0.15, -0.1) is 0 Å². The van der Waals surface area contributed by atoms with Crippen LogP contribution in [0.1, 0.15) is 74.2 Å². The molecular formula is C26H34O3. The summed E-state index contributed by atoms with van der Waals surface area (Å²) in [5.74, 6) is 2.88. The monoisotopic (exact) mass is 394 g/mol. The largest absolute Gasteiger partial charge is 0.494 e. The molecule has 0 heterocycles. The lowest BCUT2D eigenvalue weighted by molar-refractivity contribution is 0.0734. The van der Waals surface area contributed by atoms with Crippen LogP contribution in [0.5, 0.6) is 11.5 Å². The lowest BCUT2D eigenvalue weighted by atomic mass is 9.78. The molecule has 0 radical (unpaired) electrons. The van der Waals surface area contributed by atoms with Crippen LogP contribution in [0.3, 0.4) is 0 Å². The van der Waals surface area contributed by atoms with E-state index in [1.807, 2.05) is 31.2 Å². The third-order valence-electron chi connectivity index (χ3n) is 6.01. The fourth-order valence-electron chi connectivity index (χ4n) is 4.24. The molecule has 0 amide bonds. The van der Waals surface area contributed by atoms with Crippen LogP contribution in [0.25, 0.3) is 0 Å². The summed E-state index contributed by atoms with van der Waals surface area (Å²) in [5, 5.41) is 0. The van der Waals surface area contributed by atoms with Crippen molar-refractivity contribution in [2.45, 2.75) is 65.2 Å². The van der Waals surface area contributed by atoms with Crippen LogP contribution in [-0.2, 0) is 0 Å². The van der Waals surface area contributed by atoms with Crippen molar-refractivity contribution < 1.29 is 14.3 Å². The molecule has 2 aromatic rings. The van der Waals surface area contributed by atoms with Crippen LogP contribution >= 0.6 is 0 Å². The summed E-state index contributed by atoms with van der Waals surface area (Å²) in [7, 11) is 0. The highest BCUT2D eigenvalue weighted by molar-refractivity contribution is 5.91. The first-order valence-electron chi connectivity index (χ1n) is 11.2. The van der Waals surface area contributed by atoms with Crippen LogP contribution in [0.4, 0.5) is 0 Å². The van der Waals surface area contributed by atoms with Crippen molar-refractivity contribution in [3.63, 3.8) is 0 Å². The van der Waals surface area contributed by atoms with Gasteiger partial charge in [0.15, 0.2) is 0 Å². The Morgan fingerprint density at radius 3 is 2.07 bits per heavy atom. The van der Waals surface area contributed by atoms with Gasteiger partial charge in [-0.25, -0.2) is 4.79 Å². The smallest absolute Gasteiger partial charge is 0.343 e. The van der Waals surface area contributed by atoms with Gasteiger partial charge in [0.2, 0.25) is 0 Å². The van der Waals surface area contributed by atoms with E-state index < -0.39 is 0 Å². The third kappa shape index (κ3) is 6.92. The van der Waals surface area contributed by atoms with Gasteiger partial charge in [0.05, 0.1) is 12.2 Å². The first kappa shape index (κ1) is 21.4. The van der Waals surface area contributed by atoms with Gasteiger partial charge in [0.25, 0.3) is 0 Å². The summed E-state index contributed by atoms with van der Waals surface area (Å²) in [4.78, 5) is 12.2. The van der Waals surface area contributed by atoms with E-state index in [0.29, 0.717) is 11.3 Å². The summed E-state index contributed by atoms with van der Waals surface area (Å²) in [6.07, 6.45) is 10.7. The number of hydrogen-bond acceptors (Lipinski definition) is 3. The number of rotatable bonds is 9. The molecule has 1 aliphatic carbocycles. The molecule has 1 saturated carbocycles. The first-order valence-corrected chi connectivity index (χ1v) is 11.2. The molecule has 3 heteroatoms. The molecule has 156 valence electrons. The molecule has 1 fully saturated rings. The minimum absolute atomic E-state index is 0.348. The Kier molecular flexibility index (Phi) is 8.15. The van der Waals surface area contributed by atoms with E-state index in [0.717, 1.165) is 36.2 Å². The highest BCUT2D eigenvalue weighted by atomic mass is 16.5. The molecule has 0 aliphatic heterocycles.